The highest BCUT2D eigenvalue weighted by Gasteiger charge is 2.29. The second-order valence-corrected chi connectivity index (χ2v) is 7.83. The molecule has 0 radical (unpaired) electrons. The summed E-state index contributed by atoms with van der Waals surface area (Å²) in [7, 11) is 1.79. The fourth-order valence-electron chi connectivity index (χ4n) is 3.90. The highest BCUT2D eigenvalue weighted by Crippen LogP contribution is 2.20. The highest BCUT2D eigenvalue weighted by atomic mass is 16.1. The molecule has 160 valence electrons. The monoisotopic (exact) mass is 407 g/mol. The smallest absolute Gasteiger partial charge is 0.251 e. The third kappa shape index (κ3) is 6.07. The minimum atomic E-state index is -0.0414. The Kier molecular flexibility index (Phi) is 7.85. The first-order chi connectivity index (χ1) is 14.6. The number of amides is 1. The van der Waals surface area contributed by atoms with E-state index < -0.39 is 0 Å². The van der Waals surface area contributed by atoms with Gasteiger partial charge < -0.3 is 16.0 Å². The Hall–Kier alpha value is -2.86. The third-order valence-electron chi connectivity index (χ3n) is 5.48. The number of nitrogens with zero attached hydrogens (tertiary/aromatic N) is 2. The molecule has 0 aromatic heterocycles. The lowest BCUT2D eigenvalue weighted by molar-refractivity contribution is 0.0955. The number of nitrogens with one attached hydrogen (secondary N) is 3. The van der Waals surface area contributed by atoms with Gasteiger partial charge in [-0.05, 0) is 43.5 Å². The van der Waals surface area contributed by atoms with Gasteiger partial charge in [0.2, 0.25) is 0 Å². The Balaban J connectivity index is 1.51. The standard InChI is InChI=1S/C24H33N5O/c1-4-26-23(30)21-12-8-11-20(14-21)15-27-24(25-3)28-22-13-18(2)29(17-22)16-19-9-6-5-7-10-19/h5-12,14,18,22H,4,13,15-17H2,1-3H3,(H,26,30)(H2,25,27,28). The lowest BCUT2D eigenvalue weighted by atomic mass is 10.1. The Morgan fingerprint density at radius 1 is 1.10 bits per heavy atom. The quantitative estimate of drug-likeness (QED) is 0.488. The van der Waals surface area contributed by atoms with Crippen molar-refractivity contribution in [2.24, 2.45) is 4.99 Å². The minimum Gasteiger partial charge on any atom is -0.352 e. The molecular formula is C24H33N5O. The van der Waals surface area contributed by atoms with Crippen molar-refractivity contribution in [2.75, 3.05) is 20.1 Å². The normalized spacial score (nSPS) is 19.5. The average molecular weight is 408 g/mol. The number of likely N-dealkylation sites (tertiary alicyclic amines) is 1. The molecule has 1 heterocycles. The summed E-state index contributed by atoms with van der Waals surface area (Å²) in [6, 6.07) is 19.2. The zero-order chi connectivity index (χ0) is 21.3. The van der Waals surface area contributed by atoms with Crippen molar-refractivity contribution in [3.05, 3.63) is 71.3 Å². The molecule has 6 nitrogen and oxygen atoms in total. The largest absolute Gasteiger partial charge is 0.352 e. The first-order valence-electron chi connectivity index (χ1n) is 10.7. The molecule has 1 saturated heterocycles. The SMILES string of the molecule is CCNC(=O)c1cccc(CNC(=NC)NC2CC(C)N(Cc3ccccc3)C2)c1. The second-order valence-electron chi connectivity index (χ2n) is 7.83. The van der Waals surface area contributed by atoms with Crippen molar-refractivity contribution >= 4 is 11.9 Å². The third-order valence-corrected chi connectivity index (χ3v) is 5.48. The van der Waals surface area contributed by atoms with E-state index in [2.05, 4.69) is 63.1 Å². The molecule has 2 atom stereocenters. The number of carbonyl (C=O) groups is 1. The van der Waals surface area contributed by atoms with E-state index in [4.69, 9.17) is 0 Å². The first-order valence-corrected chi connectivity index (χ1v) is 10.7. The van der Waals surface area contributed by atoms with Gasteiger partial charge in [0.15, 0.2) is 5.96 Å². The van der Waals surface area contributed by atoms with Gasteiger partial charge in [0.05, 0.1) is 0 Å². The lowest BCUT2D eigenvalue weighted by Crippen LogP contribution is -2.44. The van der Waals surface area contributed by atoms with E-state index in [0.29, 0.717) is 30.7 Å². The summed E-state index contributed by atoms with van der Waals surface area (Å²) < 4.78 is 0. The molecule has 1 fully saturated rings. The molecule has 3 N–H and O–H groups in total. The van der Waals surface area contributed by atoms with Crippen LogP contribution in [0.4, 0.5) is 0 Å². The lowest BCUT2D eigenvalue weighted by Gasteiger charge is -2.21. The Morgan fingerprint density at radius 2 is 1.87 bits per heavy atom. The van der Waals surface area contributed by atoms with Gasteiger partial charge in [0.1, 0.15) is 0 Å². The van der Waals surface area contributed by atoms with E-state index in [-0.39, 0.29) is 5.91 Å². The summed E-state index contributed by atoms with van der Waals surface area (Å²) in [6.07, 6.45) is 1.08. The van der Waals surface area contributed by atoms with Crippen LogP contribution in [0.1, 0.15) is 41.8 Å². The topological polar surface area (TPSA) is 68.8 Å². The van der Waals surface area contributed by atoms with E-state index in [1.807, 2.05) is 31.2 Å². The zero-order valence-electron chi connectivity index (χ0n) is 18.2. The molecular weight excluding hydrogens is 374 g/mol. The average Bonchev–Trinajstić information content (AvgIpc) is 3.10. The van der Waals surface area contributed by atoms with Crippen LogP contribution in [0, 0.1) is 0 Å². The van der Waals surface area contributed by atoms with Crippen LogP contribution in [0.3, 0.4) is 0 Å². The van der Waals surface area contributed by atoms with Crippen molar-refractivity contribution in [3.8, 4) is 0 Å². The van der Waals surface area contributed by atoms with E-state index >= 15 is 0 Å². The molecule has 2 unspecified atom stereocenters. The summed E-state index contributed by atoms with van der Waals surface area (Å²) in [5.74, 6) is 0.748. The van der Waals surface area contributed by atoms with Gasteiger partial charge in [-0.1, -0.05) is 42.5 Å². The minimum absolute atomic E-state index is 0.0414. The van der Waals surface area contributed by atoms with E-state index in [1.54, 1.807) is 7.05 Å². The first kappa shape index (κ1) is 21.8. The molecule has 3 rings (SSSR count). The van der Waals surface area contributed by atoms with Crippen molar-refractivity contribution in [2.45, 2.75) is 45.4 Å². The van der Waals surface area contributed by atoms with Gasteiger partial charge in [0.25, 0.3) is 5.91 Å². The number of aliphatic imine (C=N–C) groups is 1. The Labute approximate surface area is 179 Å². The fraction of sp³-hybridized carbons (Fsp3) is 0.417. The predicted octanol–water partition coefficient (Wildman–Crippen LogP) is 2.76. The van der Waals surface area contributed by atoms with Crippen LogP contribution in [0.5, 0.6) is 0 Å². The molecule has 1 amide bonds. The zero-order valence-corrected chi connectivity index (χ0v) is 18.2. The van der Waals surface area contributed by atoms with Crippen LogP contribution in [-0.4, -0.2) is 49.0 Å². The van der Waals surface area contributed by atoms with Crippen LogP contribution in [-0.2, 0) is 13.1 Å². The number of hydrogen-bond donors (Lipinski definition) is 3. The molecule has 2 aromatic carbocycles. The molecule has 0 aliphatic carbocycles. The van der Waals surface area contributed by atoms with Gasteiger partial charge in [0, 0.05) is 50.9 Å². The molecule has 1 aliphatic heterocycles. The maximum absolute atomic E-state index is 12.0. The maximum Gasteiger partial charge on any atom is 0.251 e. The van der Waals surface area contributed by atoms with Crippen LogP contribution in [0.25, 0.3) is 0 Å². The Morgan fingerprint density at radius 3 is 2.60 bits per heavy atom. The number of rotatable bonds is 7. The van der Waals surface area contributed by atoms with Crippen LogP contribution in [0.15, 0.2) is 59.6 Å². The van der Waals surface area contributed by atoms with Crippen molar-refractivity contribution in [3.63, 3.8) is 0 Å². The molecule has 6 heteroatoms. The molecule has 0 bridgehead atoms. The second kappa shape index (κ2) is 10.8. The van der Waals surface area contributed by atoms with E-state index in [9.17, 15) is 4.79 Å². The predicted molar refractivity (Wildman–Crippen MR) is 123 cm³/mol. The van der Waals surface area contributed by atoms with Crippen molar-refractivity contribution in [1.82, 2.24) is 20.9 Å². The summed E-state index contributed by atoms with van der Waals surface area (Å²) in [6.45, 7) is 7.40. The van der Waals surface area contributed by atoms with Crippen molar-refractivity contribution < 1.29 is 4.79 Å². The van der Waals surface area contributed by atoms with Crippen LogP contribution >= 0.6 is 0 Å². The van der Waals surface area contributed by atoms with Gasteiger partial charge >= 0.3 is 0 Å². The van der Waals surface area contributed by atoms with Crippen LogP contribution < -0.4 is 16.0 Å². The van der Waals surface area contributed by atoms with Crippen molar-refractivity contribution in [1.29, 1.82) is 0 Å². The van der Waals surface area contributed by atoms with E-state index in [0.717, 1.165) is 31.0 Å². The molecule has 2 aromatic rings. The number of hydrogen-bond acceptors (Lipinski definition) is 3. The highest BCUT2D eigenvalue weighted by molar-refractivity contribution is 5.94. The van der Waals surface area contributed by atoms with Gasteiger partial charge in [-0.15, -0.1) is 0 Å². The fourth-order valence-corrected chi connectivity index (χ4v) is 3.90. The van der Waals surface area contributed by atoms with Gasteiger partial charge in [-0.2, -0.15) is 0 Å². The number of benzene rings is 2. The van der Waals surface area contributed by atoms with E-state index in [1.165, 1.54) is 5.56 Å². The van der Waals surface area contributed by atoms with Gasteiger partial charge in [-0.3, -0.25) is 14.7 Å². The molecule has 0 spiro atoms. The molecule has 1 aliphatic rings. The number of guanidine groups is 1. The van der Waals surface area contributed by atoms with Crippen LogP contribution in [0.2, 0.25) is 0 Å². The summed E-state index contributed by atoms with van der Waals surface area (Å²) in [5, 5.41) is 9.78. The molecule has 30 heavy (non-hydrogen) atoms. The summed E-state index contributed by atoms with van der Waals surface area (Å²) >= 11 is 0. The molecule has 0 saturated carbocycles. The maximum atomic E-state index is 12.0. The Bertz CT molecular complexity index is 852. The number of carbonyl (C=O) groups excluding carboxylic acids is 1. The van der Waals surface area contributed by atoms with Gasteiger partial charge in [-0.25, -0.2) is 0 Å². The summed E-state index contributed by atoms with van der Waals surface area (Å²) in [4.78, 5) is 18.9. The summed E-state index contributed by atoms with van der Waals surface area (Å²) in [5.41, 5.74) is 3.08.